The number of anilines is 1. The van der Waals surface area contributed by atoms with Crippen molar-refractivity contribution in [2.45, 2.75) is 6.54 Å². The predicted octanol–water partition coefficient (Wildman–Crippen LogP) is 4.76. The molecule has 2 rings (SSSR count). The van der Waals surface area contributed by atoms with Crippen LogP contribution >= 0.6 is 15.9 Å². The Morgan fingerprint density at radius 3 is 1.70 bits per heavy atom. The lowest BCUT2D eigenvalue weighted by atomic mass is 10.1. The molecular formula is C13H7BrF5N. The van der Waals surface area contributed by atoms with Crippen LogP contribution in [0.1, 0.15) is 5.56 Å². The maximum atomic E-state index is 13.4. The van der Waals surface area contributed by atoms with Crippen molar-refractivity contribution >= 4 is 21.6 Å². The first-order chi connectivity index (χ1) is 9.41. The molecular weight excluding hydrogens is 345 g/mol. The van der Waals surface area contributed by atoms with Crippen LogP contribution in [0, 0.1) is 29.1 Å². The Morgan fingerprint density at radius 2 is 1.20 bits per heavy atom. The fourth-order valence-electron chi connectivity index (χ4n) is 1.56. The average molecular weight is 352 g/mol. The Bertz CT molecular complexity index is 613. The van der Waals surface area contributed by atoms with Gasteiger partial charge in [-0.25, -0.2) is 22.0 Å². The number of benzene rings is 2. The first kappa shape index (κ1) is 14.8. The summed E-state index contributed by atoms with van der Waals surface area (Å²) < 4.78 is 66.4. The van der Waals surface area contributed by atoms with Crippen LogP contribution in [0.3, 0.4) is 0 Å². The fourth-order valence-corrected chi connectivity index (χ4v) is 1.83. The molecule has 0 heterocycles. The molecule has 2 aromatic carbocycles. The van der Waals surface area contributed by atoms with Crippen LogP contribution in [-0.4, -0.2) is 0 Å². The number of nitrogens with one attached hydrogen (secondary N) is 1. The van der Waals surface area contributed by atoms with Gasteiger partial charge in [0.15, 0.2) is 23.3 Å². The molecule has 20 heavy (non-hydrogen) atoms. The van der Waals surface area contributed by atoms with Crippen molar-refractivity contribution in [2.75, 3.05) is 5.32 Å². The summed E-state index contributed by atoms with van der Waals surface area (Å²) in [4.78, 5) is 0. The Kier molecular flexibility index (Phi) is 4.27. The highest BCUT2D eigenvalue weighted by Crippen LogP contribution is 2.24. The van der Waals surface area contributed by atoms with E-state index in [4.69, 9.17) is 0 Å². The normalized spacial score (nSPS) is 10.7. The lowest BCUT2D eigenvalue weighted by Crippen LogP contribution is -2.11. The van der Waals surface area contributed by atoms with Gasteiger partial charge < -0.3 is 5.32 Å². The van der Waals surface area contributed by atoms with E-state index in [2.05, 4.69) is 21.2 Å². The zero-order valence-corrected chi connectivity index (χ0v) is 11.4. The summed E-state index contributed by atoms with van der Waals surface area (Å²) in [6.45, 7) is -0.520. The molecule has 0 spiro atoms. The third kappa shape index (κ3) is 2.77. The van der Waals surface area contributed by atoms with Gasteiger partial charge in [0.2, 0.25) is 5.82 Å². The molecule has 0 aliphatic rings. The van der Waals surface area contributed by atoms with Crippen molar-refractivity contribution in [1.29, 1.82) is 0 Å². The third-order valence-electron chi connectivity index (χ3n) is 2.61. The SMILES string of the molecule is Fc1c(F)c(F)c(CNc2ccc(Br)cc2)c(F)c1F. The van der Waals surface area contributed by atoms with Crippen molar-refractivity contribution in [3.8, 4) is 0 Å². The molecule has 0 saturated carbocycles. The van der Waals surface area contributed by atoms with Crippen molar-refractivity contribution in [1.82, 2.24) is 0 Å². The summed E-state index contributed by atoms with van der Waals surface area (Å²) in [7, 11) is 0. The van der Waals surface area contributed by atoms with E-state index in [1.165, 1.54) is 0 Å². The molecule has 0 bridgehead atoms. The number of hydrogen-bond donors (Lipinski definition) is 1. The lowest BCUT2D eigenvalue weighted by Gasteiger charge is -2.10. The van der Waals surface area contributed by atoms with Crippen molar-refractivity contribution in [3.05, 3.63) is 63.4 Å². The van der Waals surface area contributed by atoms with Gasteiger partial charge in [-0.3, -0.25) is 0 Å². The van der Waals surface area contributed by atoms with Gasteiger partial charge in [0.1, 0.15) is 0 Å². The van der Waals surface area contributed by atoms with Gasteiger partial charge in [0.05, 0.1) is 0 Å². The molecule has 106 valence electrons. The Morgan fingerprint density at radius 1 is 0.750 bits per heavy atom. The molecule has 0 saturated heterocycles. The molecule has 0 aliphatic heterocycles. The summed E-state index contributed by atoms with van der Waals surface area (Å²) in [5.74, 6) is -9.71. The van der Waals surface area contributed by atoms with E-state index in [1.807, 2.05) is 0 Å². The molecule has 0 fully saturated rings. The highest BCUT2D eigenvalue weighted by Gasteiger charge is 2.25. The predicted molar refractivity (Wildman–Crippen MR) is 67.7 cm³/mol. The maximum Gasteiger partial charge on any atom is 0.200 e. The summed E-state index contributed by atoms with van der Waals surface area (Å²) in [5, 5.41) is 2.59. The minimum atomic E-state index is -2.16. The van der Waals surface area contributed by atoms with Gasteiger partial charge in [-0.15, -0.1) is 0 Å². The third-order valence-corrected chi connectivity index (χ3v) is 3.14. The van der Waals surface area contributed by atoms with Gasteiger partial charge >= 0.3 is 0 Å². The lowest BCUT2D eigenvalue weighted by molar-refractivity contribution is 0.371. The number of halogens is 6. The Balaban J connectivity index is 2.28. The molecule has 7 heteroatoms. The zero-order valence-electron chi connectivity index (χ0n) is 9.78. The van der Waals surface area contributed by atoms with E-state index in [-0.39, 0.29) is 0 Å². The first-order valence-corrected chi connectivity index (χ1v) is 6.21. The maximum absolute atomic E-state index is 13.4. The molecule has 0 amide bonds. The van der Waals surface area contributed by atoms with Gasteiger partial charge in [0.25, 0.3) is 0 Å². The van der Waals surface area contributed by atoms with Crippen LogP contribution in [0.4, 0.5) is 27.6 Å². The van der Waals surface area contributed by atoms with Crippen LogP contribution in [0.5, 0.6) is 0 Å². The molecule has 0 aromatic heterocycles. The van der Waals surface area contributed by atoms with Crippen LogP contribution < -0.4 is 5.32 Å². The molecule has 0 radical (unpaired) electrons. The summed E-state index contributed by atoms with van der Waals surface area (Å²) in [6.07, 6.45) is 0. The molecule has 0 aliphatic carbocycles. The molecule has 2 aromatic rings. The number of hydrogen-bond acceptors (Lipinski definition) is 1. The minimum Gasteiger partial charge on any atom is -0.381 e. The largest absolute Gasteiger partial charge is 0.381 e. The van der Waals surface area contributed by atoms with Gasteiger partial charge in [-0.2, -0.15) is 0 Å². The monoisotopic (exact) mass is 351 g/mol. The highest BCUT2D eigenvalue weighted by molar-refractivity contribution is 9.10. The Hall–Kier alpha value is -1.63. The smallest absolute Gasteiger partial charge is 0.200 e. The highest BCUT2D eigenvalue weighted by atomic mass is 79.9. The number of rotatable bonds is 3. The van der Waals surface area contributed by atoms with E-state index >= 15 is 0 Å². The topological polar surface area (TPSA) is 12.0 Å². The van der Waals surface area contributed by atoms with Crippen LogP contribution in [0.2, 0.25) is 0 Å². The van der Waals surface area contributed by atoms with E-state index in [0.717, 1.165) is 4.47 Å². The van der Waals surface area contributed by atoms with Gasteiger partial charge in [-0.05, 0) is 24.3 Å². The fraction of sp³-hybridized carbons (Fsp3) is 0.0769. The Labute approximate surface area is 119 Å². The summed E-state index contributed by atoms with van der Waals surface area (Å²) in [6, 6.07) is 6.52. The van der Waals surface area contributed by atoms with E-state index in [1.54, 1.807) is 24.3 Å². The van der Waals surface area contributed by atoms with E-state index in [9.17, 15) is 22.0 Å². The zero-order chi connectivity index (χ0) is 14.9. The second kappa shape index (κ2) is 5.78. The van der Waals surface area contributed by atoms with Crippen molar-refractivity contribution in [3.63, 3.8) is 0 Å². The first-order valence-electron chi connectivity index (χ1n) is 5.41. The quantitative estimate of drug-likeness (QED) is 0.477. The second-order valence-electron chi connectivity index (χ2n) is 3.91. The molecule has 1 N–H and O–H groups in total. The minimum absolute atomic E-state index is 0.483. The molecule has 0 unspecified atom stereocenters. The molecule has 1 nitrogen and oxygen atoms in total. The second-order valence-corrected chi connectivity index (χ2v) is 4.82. The summed E-state index contributed by atoms with van der Waals surface area (Å²) in [5.41, 5.74) is -0.415. The van der Waals surface area contributed by atoms with Crippen molar-refractivity contribution < 1.29 is 22.0 Å². The average Bonchev–Trinajstić information content (AvgIpc) is 2.45. The van der Waals surface area contributed by atoms with Crippen LogP contribution in [0.15, 0.2) is 28.7 Å². The summed E-state index contributed by atoms with van der Waals surface area (Å²) >= 11 is 3.20. The van der Waals surface area contributed by atoms with E-state index < -0.39 is 41.2 Å². The van der Waals surface area contributed by atoms with Crippen LogP contribution in [0.25, 0.3) is 0 Å². The van der Waals surface area contributed by atoms with Crippen LogP contribution in [-0.2, 0) is 6.54 Å². The standard InChI is InChI=1S/C13H7BrF5N/c14-6-1-3-7(4-2-6)20-5-8-9(15)11(17)13(19)12(18)10(8)16/h1-4,20H,5H2. The molecule has 0 atom stereocenters. The van der Waals surface area contributed by atoms with Crippen molar-refractivity contribution in [2.24, 2.45) is 0 Å². The van der Waals surface area contributed by atoms with Gasteiger partial charge in [-0.1, -0.05) is 15.9 Å². The van der Waals surface area contributed by atoms with E-state index in [0.29, 0.717) is 5.69 Å². The van der Waals surface area contributed by atoms with Gasteiger partial charge in [0, 0.05) is 22.3 Å².